The zero-order valence-electron chi connectivity index (χ0n) is 12.0. The Kier molecular flexibility index (Phi) is 5.88. The summed E-state index contributed by atoms with van der Waals surface area (Å²) in [6.45, 7) is 2.06. The van der Waals surface area contributed by atoms with E-state index in [9.17, 15) is 0 Å². The fraction of sp³-hybridized carbons (Fsp3) is 0.250. The number of methoxy groups -OCH3 is 1. The van der Waals surface area contributed by atoms with Crippen molar-refractivity contribution in [1.82, 2.24) is 5.32 Å². The van der Waals surface area contributed by atoms with Crippen LogP contribution in [0.5, 0.6) is 5.75 Å². The predicted octanol–water partition coefficient (Wildman–Crippen LogP) is 5.60. The number of aryl methyl sites for hydroxylation is 1. The van der Waals surface area contributed by atoms with Crippen LogP contribution in [0.15, 0.2) is 43.7 Å². The standard InChI is InChI=1S/C16H16Br3NO/c1-9-6-15(21-3)12(8-13(9)18)16(20-2)11-5-4-10(17)7-14(11)19/h4-8,16,20H,1-3H3. The van der Waals surface area contributed by atoms with Gasteiger partial charge in [0, 0.05) is 19.0 Å². The van der Waals surface area contributed by atoms with Gasteiger partial charge in [-0.1, -0.05) is 53.9 Å². The largest absolute Gasteiger partial charge is 0.496 e. The lowest BCUT2D eigenvalue weighted by atomic mass is 9.97. The summed E-state index contributed by atoms with van der Waals surface area (Å²) in [4.78, 5) is 0. The smallest absolute Gasteiger partial charge is 0.124 e. The zero-order valence-corrected chi connectivity index (χ0v) is 16.8. The van der Waals surface area contributed by atoms with Crippen molar-refractivity contribution in [2.24, 2.45) is 0 Å². The SMILES string of the molecule is CNC(c1ccc(Br)cc1Br)c1cc(Br)c(C)cc1OC. The minimum atomic E-state index is 0.0410. The maximum absolute atomic E-state index is 5.56. The van der Waals surface area contributed by atoms with Crippen molar-refractivity contribution in [3.05, 3.63) is 60.4 Å². The van der Waals surface area contributed by atoms with Gasteiger partial charge in [-0.15, -0.1) is 0 Å². The molecule has 2 aromatic carbocycles. The van der Waals surface area contributed by atoms with Gasteiger partial charge in [0.1, 0.15) is 5.75 Å². The van der Waals surface area contributed by atoms with E-state index in [0.29, 0.717) is 0 Å². The normalized spacial score (nSPS) is 12.3. The fourth-order valence-electron chi connectivity index (χ4n) is 2.29. The highest BCUT2D eigenvalue weighted by Gasteiger charge is 2.20. The summed E-state index contributed by atoms with van der Waals surface area (Å²) >= 11 is 10.7. The molecular weight excluding hydrogens is 462 g/mol. The van der Waals surface area contributed by atoms with E-state index in [1.165, 1.54) is 0 Å². The van der Waals surface area contributed by atoms with Crippen LogP contribution >= 0.6 is 47.8 Å². The Morgan fingerprint density at radius 1 is 1.00 bits per heavy atom. The van der Waals surface area contributed by atoms with Crippen molar-refractivity contribution < 1.29 is 4.74 Å². The first kappa shape index (κ1) is 17.0. The van der Waals surface area contributed by atoms with E-state index in [2.05, 4.69) is 84.3 Å². The molecule has 0 aliphatic rings. The molecule has 2 nitrogen and oxygen atoms in total. The summed E-state index contributed by atoms with van der Waals surface area (Å²) in [6.07, 6.45) is 0. The van der Waals surface area contributed by atoms with Crippen molar-refractivity contribution in [2.45, 2.75) is 13.0 Å². The molecule has 0 aliphatic heterocycles. The number of ether oxygens (including phenoxy) is 1. The second kappa shape index (κ2) is 7.27. The van der Waals surface area contributed by atoms with Crippen LogP contribution in [0.25, 0.3) is 0 Å². The van der Waals surface area contributed by atoms with Gasteiger partial charge in [-0.3, -0.25) is 0 Å². The van der Waals surface area contributed by atoms with Gasteiger partial charge in [-0.2, -0.15) is 0 Å². The van der Waals surface area contributed by atoms with E-state index in [-0.39, 0.29) is 6.04 Å². The molecule has 0 saturated carbocycles. The summed E-state index contributed by atoms with van der Waals surface area (Å²) in [6, 6.07) is 10.4. The minimum absolute atomic E-state index is 0.0410. The number of rotatable bonds is 4. The molecule has 0 heterocycles. The Balaban J connectivity index is 2.58. The molecule has 0 saturated heterocycles. The van der Waals surface area contributed by atoms with Crippen LogP contribution in [0.1, 0.15) is 22.7 Å². The molecule has 0 amide bonds. The highest BCUT2D eigenvalue weighted by Crippen LogP contribution is 2.37. The highest BCUT2D eigenvalue weighted by molar-refractivity contribution is 9.11. The van der Waals surface area contributed by atoms with E-state index < -0.39 is 0 Å². The molecule has 0 bridgehead atoms. The van der Waals surface area contributed by atoms with Crippen molar-refractivity contribution >= 4 is 47.8 Å². The van der Waals surface area contributed by atoms with Gasteiger partial charge in [0.2, 0.25) is 0 Å². The maximum Gasteiger partial charge on any atom is 0.124 e. The third kappa shape index (κ3) is 3.70. The lowest BCUT2D eigenvalue weighted by molar-refractivity contribution is 0.405. The molecular formula is C16H16Br3NO. The second-order valence-electron chi connectivity index (χ2n) is 4.73. The van der Waals surface area contributed by atoms with Gasteiger partial charge in [-0.25, -0.2) is 0 Å². The number of hydrogen-bond donors (Lipinski definition) is 1. The second-order valence-corrected chi connectivity index (χ2v) is 7.36. The topological polar surface area (TPSA) is 21.3 Å². The first-order valence-electron chi connectivity index (χ1n) is 6.44. The average Bonchev–Trinajstić information content (AvgIpc) is 2.45. The quantitative estimate of drug-likeness (QED) is 0.619. The lowest BCUT2D eigenvalue weighted by Crippen LogP contribution is -2.19. The molecule has 0 radical (unpaired) electrons. The number of halogens is 3. The molecule has 1 N–H and O–H groups in total. The molecule has 112 valence electrons. The van der Waals surface area contributed by atoms with Gasteiger partial charge in [0.15, 0.2) is 0 Å². The monoisotopic (exact) mass is 475 g/mol. The number of hydrogen-bond acceptors (Lipinski definition) is 2. The minimum Gasteiger partial charge on any atom is -0.496 e. The number of nitrogens with one attached hydrogen (secondary N) is 1. The molecule has 5 heteroatoms. The van der Waals surface area contributed by atoms with E-state index in [0.717, 1.165) is 35.9 Å². The van der Waals surface area contributed by atoms with Crippen molar-refractivity contribution in [1.29, 1.82) is 0 Å². The number of benzene rings is 2. The highest BCUT2D eigenvalue weighted by atomic mass is 79.9. The Morgan fingerprint density at radius 3 is 2.29 bits per heavy atom. The summed E-state index contributed by atoms with van der Waals surface area (Å²) in [7, 11) is 3.65. The molecule has 0 aliphatic carbocycles. The van der Waals surface area contributed by atoms with Crippen LogP contribution in [0.4, 0.5) is 0 Å². The van der Waals surface area contributed by atoms with Crippen LogP contribution < -0.4 is 10.1 Å². The van der Waals surface area contributed by atoms with Gasteiger partial charge in [0.05, 0.1) is 13.2 Å². The molecule has 2 rings (SSSR count). The zero-order chi connectivity index (χ0) is 15.6. The van der Waals surface area contributed by atoms with E-state index in [1.54, 1.807) is 7.11 Å². The summed E-state index contributed by atoms with van der Waals surface area (Å²) in [5.41, 5.74) is 3.41. The Morgan fingerprint density at radius 2 is 1.71 bits per heavy atom. The van der Waals surface area contributed by atoms with Crippen molar-refractivity contribution in [3.8, 4) is 5.75 Å². The molecule has 1 unspecified atom stereocenters. The van der Waals surface area contributed by atoms with E-state index in [4.69, 9.17) is 4.74 Å². The van der Waals surface area contributed by atoms with Crippen LogP contribution in [0, 0.1) is 6.92 Å². The Bertz CT molecular complexity index is 658. The summed E-state index contributed by atoms with van der Waals surface area (Å²) in [5, 5.41) is 3.37. The molecule has 0 aromatic heterocycles. The first-order valence-corrected chi connectivity index (χ1v) is 8.82. The van der Waals surface area contributed by atoms with E-state index in [1.807, 2.05) is 13.1 Å². The molecule has 0 fully saturated rings. The Hall–Kier alpha value is -0.360. The fourth-order valence-corrected chi connectivity index (χ4v) is 3.92. The van der Waals surface area contributed by atoms with Gasteiger partial charge in [0.25, 0.3) is 0 Å². The van der Waals surface area contributed by atoms with Crippen molar-refractivity contribution in [3.63, 3.8) is 0 Å². The molecule has 1 atom stereocenters. The van der Waals surface area contributed by atoms with Gasteiger partial charge < -0.3 is 10.1 Å². The van der Waals surface area contributed by atoms with Gasteiger partial charge in [-0.05, 0) is 49.4 Å². The molecule has 21 heavy (non-hydrogen) atoms. The lowest BCUT2D eigenvalue weighted by Gasteiger charge is -2.22. The predicted molar refractivity (Wildman–Crippen MR) is 98.2 cm³/mol. The van der Waals surface area contributed by atoms with Gasteiger partial charge >= 0.3 is 0 Å². The van der Waals surface area contributed by atoms with Crippen molar-refractivity contribution in [2.75, 3.05) is 14.2 Å². The van der Waals surface area contributed by atoms with Crippen LogP contribution in [-0.2, 0) is 0 Å². The first-order chi connectivity index (χ1) is 9.97. The maximum atomic E-state index is 5.56. The summed E-state index contributed by atoms with van der Waals surface area (Å²) in [5.74, 6) is 0.880. The Labute approximate surface area is 150 Å². The molecule has 2 aromatic rings. The van der Waals surface area contributed by atoms with Crippen LogP contribution in [0.3, 0.4) is 0 Å². The summed E-state index contributed by atoms with van der Waals surface area (Å²) < 4.78 is 8.74. The van der Waals surface area contributed by atoms with Crippen LogP contribution in [0.2, 0.25) is 0 Å². The van der Waals surface area contributed by atoms with E-state index >= 15 is 0 Å². The molecule has 0 spiro atoms. The van der Waals surface area contributed by atoms with Crippen LogP contribution in [-0.4, -0.2) is 14.2 Å². The average molecular weight is 478 g/mol. The third-order valence-corrected chi connectivity index (χ3v) is 5.42. The third-order valence-electron chi connectivity index (χ3n) is 3.38.